The monoisotopic (exact) mass is 245 g/mol. The average molecular weight is 245 g/mol. The molecule has 0 aromatic carbocycles. The van der Waals surface area contributed by atoms with E-state index >= 15 is 0 Å². The molecule has 0 aromatic heterocycles. The molecule has 92 valence electrons. The summed E-state index contributed by atoms with van der Waals surface area (Å²) in [5.74, 6) is -0.727. The summed E-state index contributed by atoms with van der Waals surface area (Å²) in [6.07, 6.45) is 6.84. The Hall–Kier alpha value is -0.710. The third-order valence-corrected chi connectivity index (χ3v) is 3.57. The normalized spacial score (nSPS) is 19.8. The fourth-order valence-corrected chi connectivity index (χ4v) is 2.49. The minimum Gasteiger partial charge on any atom is -0.480 e. The second-order valence-corrected chi connectivity index (χ2v) is 5.15. The fourth-order valence-electron chi connectivity index (χ4n) is 2.16. The Kier molecular flexibility index (Phi) is 5.12. The molecule has 1 aliphatic carbocycles. The molecule has 1 amide bonds. The van der Waals surface area contributed by atoms with Crippen molar-refractivity contribution in [1.82, 2.24) is 5.32 Å². The van der Waals surface area contributed by atoms with Crippen LogP contribution in [0.15, 0.2) is 0 Å². The van der Waals surface area contributed by atoms with E-state index in [0.717, 1.165) is 25.7 Å². The molecule has 5 heteroatoms. The Morgan fingerprint density at radius 3 is 2.25 bits per heavy atom. The van der Waals surface area contributed by atoms with Crippen molar-refractivity contribution < 1.29 is 14.7 Å². The van der Waals surface area contributed by atoms with Gasteiger partial charge in [-0.3, -0.25) is 4.79 Å². The van der Waals surface area contributed by atoms with E-state index in [2.05, 4.69) is 5.32 Å². The molecule has 1 rings (SSSR count). The maximum Gasteiger partial charge on any atom is 0.329 e. The smallest absolute Gasteiger partial charge is 0.329 e. The number of hydrogen-bond acceptors (Lipinski definition) is 3. The Balaban J connectivity index is 2.70. The molecule has 0 unspecified atom stereocenters. The van der Waals surface area contributed by atoms with Crippen molar-refractivity contribution >= 4 is 23.6 Å². The lowest BCUT2D eigenvalue weighted by Gasteiger charge is -2.29. The summed E-state index contributed by atoms with van der Waals surface area (Å²) in [5, 5.41) is 12.0. The lowest BCUT2D eigenvalue weighted by molar-refractivity contribution is -0.148. The van der Waals surface area contributed by atoms with Crippen LogP contribution < -0.4 is 5.32 Å². The van der Waals surface area contributed by atoms with Crippen LogP contribution in [0.25, 0.3) is 0 Å². The molecule has 0 aromatic rings. The van der Waals surface area contributed by atoms with E-state index in [1.54, 1.807) is 0 Å². The van der Waals surface area contributed by atoms with Gasteiger partial charge in [0.1, 0.15) is 5.54 Å². The van der Waals surface area contributed by atoms with Crippen molar-refractivity contribution in [1.29, 1.82) is 0 Å². The first-order valence-corrected chi connectivity index (χ1v) is 7.03. The van der Waals surface area contributed by atoms with Gasteiger partial charge in [0.2, 0.25) is 5.91 Å². The number of nitrogens with one attached hydrogen (secondary N) is 1. The highest BCUT2D eigenvalue weighted by molar-refractivity contribution is 7.99. The molecule has 0 bridgehead atoms. The van der Waals surface area contributed by atoms with Crippen LogP contribution in [0.5, 0.6) is 0 Å². The van der Waals surface area contributed by atoms with Gasteiger partial charge >= 0.3 is 5.97 Å². The Labute approximate surface area is 100 Å². The standard InChI is InChI=1S/C11H19NO3S/c1-16-8-9(13)12-11(10(14)15)6-4-2-3-5-7-11/h2-8H2,1H3,(H,12,13)(H,14,15). The van der Waals surface area contributed by atoms with Gasteiger partial charge < -0.3 is 10.4 Å². The molecule has 0 heterocycles. The fraction of sp³-hybridized carbons (Fsp3) is 0.818. The summed E-state index contributed by atoms with van der Waals surface area (Å²) in [7, 11) is 0. The first-order valence-electron chi connectivity index (χ1n) is 5.64. The van der Waals surface area contributed by atoms with Crippen LogP contribution in [-0.4, -0.2) is 34.5 Å². The number of carbonyl (C=O) groups is 2. The highest BCUT2D eigenvalue weighted by atomic mass is 32.2. The van der Waals surface area contributed by atoms with E-state index in [4.69, 9.17) is 0 Å². The van der Waals surface area contributed by atoms with E-state index in [9.17, 15) is 14.7 Å². The third kappa shape index (κ3) is 3.40. The molecule has 0 aliphatic heterocycles. The van der Waals surface area contributed by atoms with Crippen LogP contribution in [0.1, 0.15) is 38.5 Å². The van der Waals surface area contributed by atoms with Gasteiger partial charge in [0.05, 0.1) is 5.75 Å². The first kappa shape index (κ1) is 13.4. The minimum absolute atomic E-state index is 0.170. The van der Waals surface area contributed by atoms with Crippen LogP contribution in [0, 0.1) is 0 Å². The number of amides is 1. The van der Waals surface area contributed by atoms with Gasteiger partial charge in [0, 0.05) is 0 Å². The Bertz CT molecular complexity index is 260. The lowest BCUT2D eigenvalue weighted by atomic mass is 9.90. The topological polar surface area (TPSA) is 66.4 Å². The van der Waals surface area contributed by atoms with Crippen LogP contribution in [0.4, 0.5) is 0 Å². The molecular formula is C11H19NO3S. The number of aliphatic carboxylic acids is 1. The van der Waals surface area contributed by atoms with Crippen LogP contribution >= 0.6 is 11.8 Å². The SMILES string of the molecule is CSCC(=O)NC1(C(=O)O)CCCCCC1. The second kappa shape index (κ2) is 6.13. The Morgan fingerprint density at radius 1 is 1.25 bits per heavy atom. The molecule has 1 saturated carbocycles. The van der Waals surface area contributed by atoms with Crippen LogP contribution in [0.2, 0.25) is 0 Å². The second-order valence-electron chi connectivity index (χ2n) is 4.28. The zero-order valence-electron chi connectivity index (χ0n) is 9.62. The van der Waals surface area contributed by atoms with Crippen molar-refractivity contribution in [2.24, 2.45) is 0 Å². The van der Waals surface area contributed by atoms with E-state index in [1.165, 1.54) is 11.8 Å². The van der Waals surface area contributed by atoms with Crippen molar-refractivity contribution in [2.45, 2.75) is 44.1 Å². The Morgan fingerprint density at radius 2 is 1.81 bits per heavy atom. The summed E-state index contributed by atoms with van der Waals surface area (Å²) in [5.41, 5.74) is -1.01. The molecule has 16 heavy (non-hydrogen) atoms. The van der Waals surface area contributed by atoms with Crippen LogP contribution in [0.3, 0.4) is 0 Å². The van der Waals surface area contributed by atoms with E-state index in [1.807, 2.05) is 6.26 Å². The average Bonchev–Trinajstić information content (AvgIpc) is 2.44. The molecule has 1 aliphatic rings. The highest BCUT2D eigenvalue weighted by Crippen LogP contribution is 2.27. The summed E-state index contributed by atoms with van der Waals surface area (Å²) in [6.45, 7) is 0. The first-order chi connectivity index (χ1) is 7.60. The highest BCUT2D eigenvalue weighted by Gasteiger charge is 2.39. The molecule has 0 saturated heterocycles. The van der Waals surface area contributed by atoms with E-state index in [0.29, 0.717) is 18.6 Å². The zero-order valence-corrected chi connectivity index (χ0v) is 10.4. The van der Waals surface area contributed by atoms with E-state index in [-0.39, 0.29) is 5.91 Å². The zero-order chi connectivity index (χ0) is 12.0. The molecule has 0 atom stereocenters. The van der Waals surface area contributed by atoms with Crippen molar-refractivity contribution in [3.05, 3.63) is 0 Å². The largest absolute Gasteiger partial charge is 0.480 e. The number of carboxylic acid groups (broad SMARTS) is 1. The summed E-state index contributed by atoms with van der Waals surface area (Å²) >= 11 is 1.41. The molecule has 1 fully saturated rings. The third-order valence-electron chi connectivity index (χ3n) is 3.02. The molecule has 2 N–H and O–H groups in total. The maximum atomic E-state index is 11.5. The quantitative estimate of drug-likeness (QED) is 0.739. The van der Waals surface area contributed by atoms with Gasteiger partial charge in [-0.2, -0.15) is 11.8 Å². The van der Waals surface area contributed by atoms with Gasteiger partial charge in [-0.25, -0.2) is 4.79 Å². The summed E-state index contributed by atoms with van der Waals surface area (Å²) in [4.78, 5) is 22.9. The summed E-state index contributed by atoms with van der Waals surface area (Å²) < 4.78 is 0. The predicted octanol–water partition coefficient (Wildman–Crippen LogP) is 1.64. The molecule has 0 spiro atoms. The van der Waals surface area contributed by atoms with Gasteiger partial charge in [-0.15, -0.1) is 0 Å². The van der Waals surface area contributed by atoms with Gasteiger partial charge in [0.15, 0.2) is 0 Å². The van der Waals surface area contributed by atoms with Crippen LogP contribution in [-0.2, 0) is 9.59 Å². The molecular weight excluding hydrogens is 226 g/mol. The van der Waals surface area contributed by atoms with Crippen molar-refractivity contribution in [3.8, 4) is 0 Å². The van der Waals surface area contributed by atoms with Gasteiger partial charge in [-0.1, -0.05) is 25.7 Å². The minimum atomic E-state index is -1.01. The van der Waals surface area contributed by atoms with Crippen molar-refractivity contribution in [2.75, 3.05) is 12.0 Å². The number of hydrogen-bond donors (Lipinski definition) is 2. The summed E-state index contributed by atoms with van der Waals surface area (Å²) in [6, 6.07) is 0. The number of carbonyl (C=O) groups excluding carboxylic acids is 1. The number of thioether (sulfide) groups is 1. The van der Waals surface area contributed by atoms with Gasteiger partial charge in [0.25, 0.3) is 0 Å². The number of rotatable bonds is 4. The maximum absolute atomic E-state index is 11.5. The molecule has 0 radical (unpaired) electrons. The predicted molar refractivity (Wildman–Crippen MR) is 64.6 cm³/mol. The van der Waals surface area contributed by atoms with E-state index < -0.39 is 11.5 Å². The number of carboxylic acids is 1. The van der Waals surface area contributed by atoms with Gasteiger partial charge in [-0.05, 0) is 19.1 Å². The van der Waals surface area contributed by atoms with Crippen molar-refractivity contribution in [3.63, 3.8) is 0 Å². The molecule has 4 nitrogen and oxygen atoms in total. The lowest BCUT2D eigenvalue weighted by Crippen LogP contribution is -2.54.